The van der Waals surface area contributed by atoms with Gasteiger partial charge in [0.2, 0.25) is 5.91 Å². The summed E-state index contributed by atoms with van der Waals surface area (Å²) in [5.41, 5.74) is 2.54. The molecule has 4 unspecified atom stereocenters. The zero-order valence-electron chi connectivity index (χ0n) is 21.2. The zero-order chi connectivity index (χ0) is 25.3. The van der Waals surface area contributed by atoms with Crippen LogP contribution in [0, 0.1) is 12.8 Å². The summed E-state index contributed by atoms with van der Waals surface area (Å²) in [6, 6.07) is 4.05. The third-order valence-corrected chi connectivity index (χ3v) is 7.15. The van der Waals surface area contributed by atoms with E-state index in [-0.39, 0.29) is 36.9 Å². The molecular weight excluding hydrogens is 448 g/mol. The molecule has 3 aliphatic rings. The number of hydrogen-bond donors (Lipinski definition) is 2. The molecule has 0 aliphatic carbocycles. The van der Waals surface area contributed by atoms with Crippen molar-refractivity contribution < 1.29 is 28.9 Å². The number of methoxy groups -OCH3 is 1. The van der Waals surface area contributed by atoms with Gasteiger partial charge in [0.15, 0.2) is 0 Å². The molecule has 2 N–H and O–H groups in total. The first kappa shape index (κ1) is 25.3. The molecule has 1 aromatic rings. The van der Waals surface area contributed by atoms with Crippen LogP contribution in [-0.2, 0) is 20.7 Å². The molecule has 35 heavy (non-hydrogen) atoms. The zero-order valence-corrected chi connectivity index (χ0v) is 21.2. The average Bonchev–Trinajstić information content (AvgIpc) is 3.55. The lowest BCUT2D eigenvalue weighted by molar-refractivity contribution is -0.119. The fraction of sp³-hybridized carbons (Fsp3) is 0.556. The molecule has 190 valence electrons. The maximum Gasteiger partial charge on any atom is 0.409 e. The Morgan fingerprint density at radius 3 is 2.77 bits per heavy atom. The van der Waals surface area contributed by atoms with E-state index in [2.05, 4.69) is 5.32 Å². The molecule has 2 saturated heterocycles. The number of hydrogen-bond acceptors (Lipinski definition) is 6. The van der Waals surface area contributed by atoms with Crippen LogP contribution in [0.2, 0.25) is 0 Å². The second-order valence-electron chi connectivity index (χ2n) is 10.2. The first-order valence-corrected chi connectivity index (χ1v) is 12.2. The van der Waals surface area contributed by atoms with Crippen LogP contribution in [0.15, 0.2) is 35.9 Å². The van der Waals surface area contributed by atoms with E-state index in [1.54, 1.807) is 19.1 Å². The summed E-state index contributed by atoms with van der Waals surface area (Å²) in [5, 5.41) is 13.5. The number of carbonyl (C=O) groups is 2. The van der Waals surface area contributed by atoms with Crippen molar-refractivity contribution in [2.75, 3.05) is 19.1 Å². The number of alkyl carbamates (subject to hydrolysis) is 1. The molecule has 0 radical (unpaired) electrons. The van der Waals surface area contributed by atoms with Crippen LogP contribution >= 0.6 is 0 Å². The summed E-state index contributed by atoms with van der Waals surface area (Å²) in [5.74, 6) is 0.756. The van der Waals surface area contributed by atoms with Crippen molar-refractivity contribution in [2.45, 2.75) is 76.9 Å². The first-order chi connectivity index (χ1) is 16.6. The van der Waals surface area contributed by atoms with Crippen molar-refractivity contribution in [3.63, 3.8) is 0 Å². The van der Waals surface area contributed by atoms with Crippen LogP contribution in [-0.4, -0.2) is 55.3 Å². The van der Waals surface area contributed by atoms with E-state index in [9.17, 15) is 14.7 Å². The van der Waals surface area contributed by atoms with Crippen LogP contribution < -0.4 is 15.0 Å². The van der Waals surface area contributed by atoms with Crippen molar-refractivity contribution in [1.82, 2.24) is 5.32 Å². The maximum atomic E-state index is 13.2. The van der Waals surface area contributed by atoms with E-state index in [0.717, 1.165) is 28.1 Å². The number of fused-ring (bicyclic) bond motifs is 5. The molecule has 3 aliphatic heterocycles. The molecule has 5 atom stereocenters. The minimum Gasteiger partial charge on any atom is -0.496 e. The van der Waals surface area contributed by atoms with E-state index in [1.807, 2.05) is 51.1 Å². The number of amides is 2. The van der Waals surface area contributed by atoms with Crippen LogP contribution in [0.5, 0.6) is 5.75 Å². The van der Waals surface area contributed by atoms with Crippen molar-refractivity contribution in [3.8, 4) is 5.75 Å². The fourth-order valence-corrected chi connectivity index (χ4v) is 5.14. The van der Waals surface area contributed by atoms with Crippen molar-refractivity contribution >= 4 is 17.7 Å². The van der Waals surface area contributed by atoms with E-state index in [1.165, 1.54) is 0 Å². The minimum atomic E-state index is -1.37. The lowest BCUT2D eigenvalue weighted by Gasteiger charge is -2.36. The van der Waals surface area contributed by atoms with Gasteiger partial charge in [-0.2, -0.15) is 0 Å². The Morgan fingerprint density at radius 1 is 1.26 bits per heavy atom. The second kappa shape index (κ2) is 10.0. The number of aliphatic hydroxyl groups is 1. The predicted molar refractivity (Wildman–Crippen MR) is 132 cm³/mol. The van der Waals surface area contributed by atoms with Gasteiger partial charge in [-0.1, -0.05) is 30.7 Å². The predicted octanol–water partition coefficient (Wildman–Crippen LogP) is 3.79. The smallest absolute Gasteiger partial charge is 0.409 e. The van der Waals surface area contributed by atoms with Gasteiger partial charge in [0.25, 0.3) is 0 Å². The average molecular weight is 485 g/mol. The van der Waals surface area contributed by atoms with Gasteiger partial charge in [-0.25, -0.2) is 4.79 Å². The summed E-state index contributed by atoms with van der Waals surface area (Å²) in [6.07, 6.45) is 6.55. The molecule has 0 saturated carbocycles. The van der Waals surface area contributed by atoms with Gasteiger partial charge in [0.05, 0.1) is 25.0 Å². The lowest BCUT2D eigenvalue weighted by Crippen LogP contribution is -2.56. The van der Waals surface area contributed by atoms with E-state index < -0.39 is 17.9 Å². The van der Waals surface area contributed by atoms with Crippen LogP contribution in [0.1, 0.15) is 50.7 Å². The summed E-state index contributed by atoms with van der Waals surface area (Å²) in [4.78, 5) is 27.0. The van der Waals surface area contributed by atoms with Gasteiger partial charge in [0.1, 0.15) is 17.6 Å². The number of anilines is 1. The second-order valence-corrected chi connectivity index (χ2v) is 10.2. The van der Waals surface area contributed by atoms with Crippen LogP contribution in [0.25, 0.3) is 0 Å². The van der Waals surface area contributed by atoms with Gasteiger partial charge in [-0.3, -0.25) is 10.1 Å². The van der Waals surface area contributed by atoms with Crippen molar-refractivity contribution in [3.05, 3.63) is 47.1 Å². The first-order valence-electron chi connectivity index (χ1n) is 12.2. The molecule has 0 aromatic heterocycles. The van der Waals surface area contributed by atoms with E-state index in [4.69, 9.17) is 14.2 Å². The largest absolute Gasteiger partial charge is 0.496 e. The Balaban J connectivity index is 1.64. The summed E-state index contributed by atoms with van der Waals surface area (Å²) < 4.78 is 16.9. The Bertz CT molecular complexity index is 1050. The Kier molecular flexibility index (Phi) is 7.24. The third kappa shape index (κ3) is 5.87. The number of epoxide rings is 1. The van der Waals surface area contributed by atoms with Crippen LogP contribution in [0.4, 0.5) is 10.5 Å². The van der Waals surface area contributed by atoms with Gasteiger partial charge in [-0.15, -0.1) is 0 Å². The number of allylic oxidation sites excluding steroid dienone is 3. The number of rotatable bonds is 1. The fourth-order valence-electron chi connectivity index (χ4n) is 5.14. The molecule has 2 amide bonds. The minimum absolute atomic E-state index is 0.00448. The molecule has 4 rings (SSSR count). The number of nitrogens with one attached hydrogen (secondary N) is 1. The molecule has 2 fully saturated rings. The van der Waals surface area contributed by atoms with Gasteiger partial charge >= 0.3 is 6.09 Å². The molecule has 0 spiro atoms. The third-order valence-electron chi connectivity index (χ3n) is 7.15. The highest BCUT2D eigenvalue weighted by molar-refractivity contribution is 5.94. The highest BCUT2D eigenvalue weighted by Crippen LogP contribution is 2.38. The number of ether oxygens (including phenoxy) is 3. The Labute approximate surface area is 206 Å². The van der Waals surface area contributed by atoms with Crippen molar-refractivity contribution in [1.29, 1.82) is 0 Å². The maximum absolute atomic E-state index is 13.2. The normalized spacial score (nSPS) is 34.1. The summed E-state index contributed by atoms with van der Waals surface area (Å²) >= 11 is 0. The number of benzene rings is 1. The SMILES string of the molecule is COc1cc2cc(c1C)N(C)C(=O)CC(C)C1OC1CC1C[C@](O)(C/C=C/C=C(\C)C2)NC(=O)O1. The molecule has 4 bridgehead atoms. The topological polar surface area (TPSA) is 101 Å². The van der Waals surface area contributed by atoms with Gasteiger partial charge < -0.3 is 24.2 Å². The Hall–Kier alpha value is -2.84. The standard InChI is InChI=1S/C27H36N2O6/c1-16-8-6-7-9-27(32)15-20(34-26(31)28-27)14-23-25(35-23)17(2)11-24(30)29(4)21-12-19(10-16)13-22(33-5)18(21)3/h6-8,12-13,17,20,23,25,32H,9-11,14-15H2,1-5H3,(H,28,31)/b7-6+,16-8+/t17?,20?,23?,25?,27-/m1/s1. The quantitative estimate of drug-likeness (QED) is 0.589. The van der Waals surface area contributed by atoms with Crippen molar-refractivity contribution in [2.24, 2.45) is 5.92 Å². The van der Waals surface area contributed by atoms with Crippen LogP contribution in [0.3, 0.4) is 0 Å². The van der Waals surface area contributed by atoms with Gasteiger partial charge in [0, 0.05) is 38.3 Å². The lowest BCUT2D eigenvalue weighted by atomic mass is 9.93. The molecule has 1 aromatic carbocycles. The monoisotopic (exact) mass is 484 g/mol. The number of carbonyl (C=O) groups excluding carboxylic acids is 2. The Morgan fingerprint density at radius 2 is 2.03 bits per heavy atom. The van der Waals surface area contributed by atoms with E-state index >= 15 is 0 Å². The summed E-state index contributed by atoms with van der Waals surface area (Å²) in [7, 11) is 3.44. The molecule has 8 heteroatoms. The highest BCUT2D eigenvalue weighted by atomic mass is 16.6. The van der Waals surface area contributed by atoms with E-state index in [0.29, 0.717) is 19.3 Å². The molecule has 8 nitrogen and oxygen atoms in total. The summed E-state index contributed by atoms with van der Waals surface area (Å²) in [6.45, 7) is 6.00. The molecule has 3 heterocycles. The molecular formula is C27H36N2O6. The number of nitrogens with zero attached hydrogens (tertiary/aromatic N) is 1. The van der Waals surface area contributed by atoms with Gasteiger partial charge in [-0.05, 0) is 43.9 Å². The highest BCUT2D eigenvalue weighted by Gasteiger charge is 2.48.